The molecule has 0 radical (unpaired) electrons. The van der Waals surface area contributed by atoms with Crippen molar-refractivity contribution in [1.29, 1.82) is 0 Å². The molecule has 0 aliphatic carbocycles. The summed E-state index contributed by atoms with van der Waals surface area (Å²) in [4.78, 5) is 2.68. The molecule has 0 bridgehead atoms. The van der Waals surface area contributed by atoms with Crippen LogP contribution in [0.3, 0.4) is 0 Å². The van der Waals surface area contributed by atoms with Crippen LogP contribution in [0.1, 0.15) is 17.5 Å². The molecule has 3 nitrogen and oxygen atoms in total. The van der Waals surface area contributed by atoms with Gasteiger partial charge in [-0.3, -0.25) is 0 Å². The smallest absolute Gasteiger partial charge is 0.0435 e. The standard InChI is InChI=1S/C11H12ClN3/c1-9-8-10(5-6-11(9)12)4-2-3-7-14-15-13/h2,4-6,8H,3,7H2,1H3. The molecule has 0 unspecified atom stereocenters. The van der Waals surface area contributed by atoms with Gasteiger partial charge in [0.05, 0.1) is 0 Å². The van der Waals surface area contributed by atoms with Crippen molar-refractivity contribution in [3.8, 4) is 0 Å². The van der Waals surface area contributed by atoms with E-state index < -0.39 is 0 Å². The quantitative estimate of drug-likeness (QED) is 0.314. The van der Waals surface area contributed by atoms with E-state index in [-0.39, 0.29) is 0 Å². The number of rotatable bonds is 4. The molecule has 0 aromatic heterocycles. The van der Waals surface area contributed by atoms with Crippen molar-refractivity contribution < 1.29 is 0 Å². The first-order chi connectivity index (χ1) is 7.24. The van der Waals surface area contributed by atoms with Crippen LogP contribution in [0.15, 0.2) is 29.4 Å². The maximum atomic E-state index is 8.07. The van der Waals surface area contributed by atoms with E-state index in [2.05, 4.69) is 10.0 Å². The lowest BCUT2D eigenvalue weighted by atomic mass is 10.1. The minimum atomic E-state index is 0.500. The molecule has 0 heterocycles. The van der Waals surface area contributed by atoms with Crippen LogP contribution in [0.5, 0.6) is 0 Å². The molecule has 0 amide bonds. The van der Waals surface area contributed by atoms with E-state index in [1.54, 1.807) is 0 Å². The van der Waals surface area contributed by atoms with Crippen molar-refractivity contribution in [3.05, 3.63) is 50.9 Å². The molecular formula is C11H12ClN3. The second kappa shape index (κ2) is 6.12. The molecule has 78 valence electrons. The third-order valence-corrected chi connectivity index (χ3v) is 2.38. The monoisotopic (exact) mass is 221 g/mol. The summed E-state index contributed by atoms with van der Waals surface area (Å²) < 4.78 is 0. The second-order valence-corrected chi connectivity index (χ2v) is 3.56. The molecule has 0 saturated heterocycles. The largest absolute Gasteiger partial charge is 0.0937 e. The van der Waals surface area contributed by atoms with E-state index in [4.69, 9.17) is 17.1 Å². The number of halogens is 1. The topological polar surface area (TPSA) is 48.8 Å². The van der Waals surface area contributed by atoms with Crippen LogP contribution < -0.4 is 0 Å². The molecule has 1 aromatic rings. The predicted molar refractivity (Wildman–Crippen MR) is 63.9 cm³/mol. The van der Waals surface area contributed by atoms with Gasteiger partial charge in [0, 0.05) is 16.5 Å². The third-order valence-electron chi connectivity index (χ3n) is 1.95. The number of nitrogens with zero attached hydrogens (tertiary/aromatic N) is 3. The van der Waals surface area contributed by atoms with Gasteiger partial charge >= 0.3 is 0 Å². The van der Waals surface area contributed by atoms with E-state index in [0.717, 1.165) is 22.6 Å². The minimum Gasteiger partial charge on any atom is -0.0937 e. The first-order valence-corrected chi connectivity index (χ1v) is 5.05. The fourth-order valence-corrected chi connectivity index (χ4v) is 1.29. The maximum Gasteiger partial charge on any atom is 0.0435 e. The second-order valence-electron chi connectivity index (χ2n) is 3.15. The zero-order valence-electron chi connectivity index (χ0n) is 8.52. The maximum absolute atomic E-state index is 8.07. The molecule has 0 N–H and O–H groups in total. The van der Waals surface area contributed by atoms with Gasteiger partial charge in [0.1, 0.15) is 0 Å². The molecule has 1 aromatic carbocycles. The average Bonchev–Trinajstić information content (AvgIpc) is 2.23. The molecule has 0 atom stereocenters. The first kappa shape index (κ1) is 11.6. The van der Waals surface area contributed by atoms with Gasteiger partial charge in [-0.15, -0.1) is 0 Å². The van der Waals surface area contributed by atoms with Crippen LogP contribution in [0.25, 0.3) is 16.5 Å². The van der Waals surface area contributed by atoms with Gasteiger partial charge in [-0.05, 0) is 36.1 Å². The van der Waals surface area contributed by atoms with Crippen molar-refractivity contribution in [3.63, 3.8) is 0 Å². The van der Waals surface area contributed by atoms with Gasteiger partial charge in [-0.1, -0.05) is 41.0 Å². The van der Waals surface area contributed by atoms with Crippen LogP contribution in [-0.4, -0.2) is 6.54 Å². The summed E-state index contributed by atoms with van der Waals surface area (Å²) in [6.45, 7) is 2.47. The van der Waals surface area contributed by atoms with Crippen molar-refractivity contribution in [2.45, 2.75) is 13.3 Å². The van der Waals surface area contributed by atoms with Gasteiger partial charge in [0.25, 0.3) is 0 Å². The van der Waals surface area contributed by atoms with Gasteiger partial charge in [0.15, 0.2) is 0 Å². The summed E-state index contributed by atoms with van der Waals surface area (Å²) in [6.07, 6.45) is 4.74. The van der Waals surface area contributed by atoms with E-state index in [1.165, 1.54) is 0 Å². The Labute approximate surface area is 94.0 Å². The Bertz CT molecular complexity index is 406. The van der Waals surface area contributed by atoms with E-state index in [9.17, 15) is 0 Å². The van der Waals surface area contributed by atoms with Crippen LogP contribution in [0.2, 0.25) is 5.02 Å². The lowest BCUT2D eigenvalue weighted by Gasteiger charge is -1.98. The zero-order valence-corrected chi connectivity index (χ0v) is 9.28. The van der Waals surface area contributed by atoms with Crippen LogP contribution in [0.4, 0.5) is 0 Å². The Hall–Kier alpha value is -1.44. The fourth-order valence-electron chi connectivity index (χ4n) is 1.17. The Kier molecular flexibility index (Phi) is 4.75. The summed E-state index contributed by atoms with van der Waals surface area (Å²) in [5.41, 5.74) is 10.2. The molecule has 4 heteroatoms. The Morgan fingerprint density at radius 3 is 3.00 bits per heavy atom. The molecular weight excluding hydrogens is 210 g/mol. The summed E-state index contributed by atoms with van der Waals surface area (Å²) in [6, 6.07) is 5.86. The summed E-state index contributed by atoms with van der Waals surface area (Å²) in [5, 5.41) is 4.22. The number of azide groups is 1. The Morgan fingerprint density at radius 1 is 1.53 bits per heavy atom. The number of hydrogen-bond donors (Lipinski definition) is 0. The van der Waals surface area contributed by atoms with Crippen LogP contribution in [-0.2, 0) is 0 Å². The van der Waals surface area contributed by atoms with Gasteiger partial charge < -0.3 is 0 Å². The summed E-state index contributed by atoms with van der Waals surface area (Å²) in [5.74, 6) is 0. The lowest BCUT2D eigenvalue weighted by molar-refractivity contribution is 0.995. The number of aryl methyl sites for hydroxylation is 1. The van der Waals surface area contributed by atoms with Crippen molar-refractivity contribution in [1.82, 2.24) is 0 Å². The Balaban J connectivity index is 2.56. The highest BCUT2D eigenvalue weighted by Crippen LogP contribution is 2.17. The SMILES string of the molecule is Cc1cc(C=CCCN=[N+]=[N-])ccc1Cl. The molecule has 0 saturated carbocycles. The van der Waals surface area contributed by atoms with Crippen LogP contribution >= 0.6 is 11.6 Å². The molecule has 0 fully saturated rings. The fraction of sp³-hybridized carbons (Fsp3) is 0.273. The third kappa shape index (κ3) is 4.07. The summed E-state index contributed by atoms with van der Waals surface area (Å²) >= 11 is 5.90. The predicted octanol–water partition coefficient (Wildman–Crippen LogP) is 4.36. The highest BCUT2D eigenvalue weighted by Gasteiger charge is 1.93. The van der Waals surface area contributed by atoms with Gasteiger partial charge in [-0.2, -0.15) is 0 Å². The normalized spacial score (nSPS) is 10.3. The van der Waals surface area contributed by atoms with Crippen molar-refractivity contribution in [2.75, 3.05) is 6.54 Å². The van der Waals surface area contributed by atoms with Gasteiger partial charge in [0.2, 0.25) is 0 Å². The number of hydrogen-bond acceptors (Lipinski definition) is 1. The van der Waals surface area contributed by atoms with Gasteiger partial charge in [-0.25, -0.2) is 0 Å². The number of benzene rings is 1. The van der Waals surface area contributed by atoms with E-state index in [0.29, 0.717) is 6.54 Å². The van der Waals surface area contributed by atoms with E-state index >= 15 is 0 Å². The summed E-state index contributed by atoms with van der Waals surface area (Å²) in [7, 11) is 0. The highest BCUT2D eigenvalue weighted by molar-refractivity contribution is 6.31. The average molecular weight is 222 g/mol. The molecule has 0 spiro atoms. The van der Waals surface area contributed by atoms with Crippen molar-refractivity contribution in [2.24, 2.45) is 5.11 Å². The zero-order chi connectivity index (χ0) is 11.1. The van der Waals surface area contributed by atoms with Crippen LogP contribution in [0, 0.1) is 6.92 Å². The molecule has 1 rings (SSSR count). The first-order valence-electron chi connectivity index (χ1n) is 4.67. The minimum absolute atomic E-state index is 0.500. The highest BCUT2D eigenvalue weighted by atomic mass is 35.5. The Morgan fingerprint density at radius 2 is 2.33 bits per heavy atom. The molecule has 0 aliphatic rings. The van der Waals surface area contributed by atoms with Crippen molar-refractivity contribution >= 4 is 17.7 Å². The van der Waals surface area contributed by atoms with E-state index in [1.807, 2.05) is 37.3 Å². The molecule has 0 aliphatic heterocycles. The molecule has 15 heavy (non-hydrogen) atoms. The lowest BCUT2D eigenvalue weighted by Crippen LogP contribution is -1.78.